The largest absolute Gasteiger partial charge is 0.282 e. The molecule has 4 aromatic rings. The van der Waals surface area contributed by atoms with Gasteiger partial charge >= 0.3 is 0 Å². The Balaban J connectivity index is 1.62. The Labute approximate surface area is 178 Å². The molecule has 2 aromatic heterocycles. The van der Waals surface area contributed by atoms with E-state index >= 15 is 0 Å². The monoisotopic (exact) mass is 422 g/mol. The number of anilines is 1. The third-order valence-corrected chi connectivity index (χ3v) is 6.42. The van der Waals surface area contributed by atoms with E-state index in [0.29, 0.717) is 29.0 Å². The molecule has 5 nitrogen and oxygen atoms in total. The Kier molecular flexibility index (Phi) is 5.97. The minimum Gasteiger partial charge on any atom is -0.282 e. The number of rotatable bonds is 7. The highest BCUT2D eigenvalue weighted by molar-refractivity contribution is 7.99. The predicted molar refractivity (Wildman–Crippen MR) is 121 cm³/mol. The first-order chi connectivity index (χ1) is 14.1. The molecule has 0 unspecified atom stereocenters. The van der Waals surface area contributed by atoms with Crippen LogP contribution in [0.15, 0.2) is 71.9 Å². The van der Waals surface area contributed by atoms with Gasteiger partial charge in [-0.15, -0.1) is 11.8 Å². The van der Waals surface area contributed by atoms with Crippen LogP contribution < -0.4 is 4.90 Å². The number of thiazole rings is 1. The molecule has 4 rings (SSSR count). The maximum Gasteiger partial charge on any atom is 0.260 e. The molecule has 1 amide bonds. The van der Waals surface area contributed by atoms with E-state index in [-0.39, 0.29) is 5.91 Å². The molecule has 2 aromatic carbocycles. The second-order valence-electron chi connectivity index (χ2n) is 6.88. The van der Waals surface area contributed by atoms with Crippen LogP contribution in [-0.4, -0.2) is 32.5 Å². The van der Waals surface area contributed by atoms with E-state index in [9.17, 15) is 4.79 Å². The smallest absolute Gasteiger partial charge is 0.260 e. The maximum absolute atomic E-state index is 13.4. The van der Waals surface area contributed by atoms with Crippen LogP contribution in [0.1, 0.15) is 24.2 Å². The lowest BCUT2D eigenvalue weighted by Crippen LogP contribution is -2.34. The topological polar surface area (TPSA) is 51.0 Å². The van der Waals surface area contributed by atoms with Crippen LogP contribution in [0.25, 0.3) is 10.2 Å². The van der Waals surface area contributed by atoms with Crippen molar-refractivity contribution in [3.05, 3.63) is 72.6 Å². The Morgan fingerprint density at radius 3 is 2.62 bits per heavy atom. The second kappa shape index (κ2) is 8.80. The first kappa shape index (κ1) is 19.7. The van der Waals surface area contributed by atoms with Gasteiger partial charge < -0.3 is 0 Å². The fourth-order valence-corrected chi connectivity index (χ4v) is 4.83. The van der Waals surface area contributed by atoms with E-state index in [4.69, 9.17) is 4.98 Å². The number of carbonyl (C=O) groups is 1. The van der Waals surface area contributed by atoms with Gasteiger partial charge in [0, 0.05) is 34.6 Å². The summed E-state index contributed by atoms with van der Waals surface area (Å²) in [7, 11) is 0. The molecule has 2 heterocycles. The third-order valence-electron chi connectivity index (χ3n) is 4.34. The number of carbonyl (C=O) groups excluding carboxylic acids is 1. The van der Waals surface area contributed by atoms with E-state index in [0.717, 1.165) is 10.2 Å². The van der Waals surface area contributed by atoms with E-state index in [1.54, 1.807) is 22.9 Å². The summed E-state index contributed by atoms with van der Waals surface area (Å²) in [5.74, 6) is -0.0442. The molecule has 0 aliphatic rings. The number of fused-ring (bicyclic) bond motifs is 1. The fraction of sp³-hybridized carbons (Fsp3) is 0.227. The SMILES string of the molecule is CC(C)Sc1ccc(C(=O)N(CCn2cccn2)c2nc3ccccc3s2)cc1. The van der Waals surface area contributed by atoms with Crippen molar-refractivity contribution in [3.63, 3.8) is 0 Å². The lowest BCUT2D eigenvalue weighted by atomic mass is 10.2. The Hall–Kier alpha value is -2.64. The van der Waals surface area contributed by atoms with Crippen LogP contribution in [-0.2, 0) is 6.54 Å². The highest BCUT2D eigenvalue weighted by Crippen LogP contribution is 2.30. The van der Waals surface area contributed by atoms with Gasteiger partial charge in [0.05, 0.1) is 16.8 Å². The number of hydrogen-bond acceptors (Lipinski definition) is 5. The summed E-state index contributed by atoms with van der Waals surface area (Å²) in [6.45, 7) is 5.43. The minimum absolute atomic E-state index is 0.0442. The van der Waals surface area contributed by atoms with Crippen molar-refractivity contribution >= 4 is 44.4 Å². The Morgan fingerprint density at radius 1 is 1.14 bits per heavy atom. The molecule has 29 heavy (non-hydrogen) atoms. The Morgan fingerprint density at radius 2 is 1.93 bits per heavy atom. The number of thioether (sulfide) groups is 1. The molecule has 0 aliphatic carbocycles. The summed E-state index contributed by atoms with van der Waals surface area (Å²) in [5.41, 5.74) is 1.57. The molecule has 0 saturated heterocycles. The standard InChI is InChI=1S/C22H22N4OS2/c1-16(2)28-18-10-8-17(9-11-18)21(27)26(15-14-25-13-5-12-23-25)22-24-19-6-3-4-7-20(19)29-22/h3-13,16H,14-15H2,1-2H3. The first-order valence-electron chi connectivity index (χ1n) is 9.52. The van der Waals surface area contributed by atoms with Gasteiger partial charge in [-0.1, -0.05) is 37.3 Å². The number of amides is 1. The number of para-hydroxylation sites is 1. The average molecular weight is 423 g/mol. The number of benzene rings is 2. The lowest BCUT2D eigenvalue weighted by molar-refractivity contribution is 0.0985. The van der Waals surface area contributed by atoms with E-state index in [2.05, 4.69) is 18.9 Å². The van der Waals surface area contributed by atoms with Crippen molar-refractivity contribution in [1.82, 2.24) is 14.8 Å². The molecule has 7 heteroatoms. The number of aromatic nitrogens is 3. The zero-order valence-electron chi connectivity index (χ0n) is 16.4. The molecule has 0 atom stereocenters. The summed E-state index contributed by atoms with van der Waals surface area (Å²) in [5, 5.41) is 5.47. The molecule has 0 radical (unpaired) electrons. The normalized spacial score (nSPS) is 11.3. The van der Waals surface area contributed by atoms with Gasteiger partial charge in [0.25, 0.3) is 5.91 Å². The summed E-state index contributed by atoms with van der Waals surface area (Å²) in [6.07, 6.45) is 3.65. The molecule has 0 spiro atoms. The molecule has 148 valence electrons. The van der Waals surface area contributed by atoms with Crippen molar-refractivity contribution in [2.45, 2.75) is 30.5 Å². The maximum atomic E-state index is 13.4. The summed E-state index contributed by atoms with van der Waals surface area (Å²) in [6, 6.07) is 17.7. The second-order valence-corrected chi connectivity index (χ2v) is 9.54. The zero-order valence-corrected chi connectivity index (χ0v) is 18.0. The first-order valence-corrected chi connectivity index (χ1v) is 11.2. The van der Waals surface area contributed by atoms with Crippen LogP contribution >= 0.6 is 23.1 Å². The van der Waals surface area contributed by atoms with E-state index in [1.807, 2.05) is 65.5 Å². The van der Waals surface area contributed by atoms with Crippen LogP contribution in [0.2, 0.25) is 0 Å². The highest BCUT2D eigenvalue weighted by atomic mass is 32.2. The van der Waals surface area contributed by atoms with Gasteiger partial charge in [-0.05, 0) is 42.5 Å². The molecule has 0 aliphatic heterocycles. The third kappa shape index (κ3) is 4.68. The molecular formula is C22H22N4OS2. The predicted octanol–water partition coefficient (Wildman–Crippen LogP) is 5.34. The molecule has 0 N–H and O–H groups in total. The van der Waals surface area contributed by atoms with Crippen molar-refractivity contribution < 1.29 is 4.79 Å². The van der Waals surface area contributed by atoms with Crippen molar-refractivity contribution in [2.24, 2.45) is 0 Å². The van der Waals surface area contributed by atoms with Gasteiger partial charge in [0.1, 0.15) is 0 Å². The van der Waals surface area contributed by atoms with Gasteiger partial charge in [-0.25, -0.2) is 4.98 Å². The van der Waals surface area contributed by atoms with Crippen molar-refractivity contribution in [1.29, 1.82) is 0 Å². The van der Waals surface area contributed by atoms with Gasteiger partial charge in [0.2, 0.25) is 0 Å². The van der Waals surface area contributed by atoms with E-state index < -0.39 is 0 Å². The van der Waals surface area contributed by atoms with Gasteiger partial charge in [-0.2, -0.15) is 5.10 Å². The van der Waals surface area contributed by atoms with E-state index in [1.165, 1.54) is 16.2 Å². The van der Waals surface area contributed by atoms with Gasteiger partial charge in [0.15, 0.2) is 5.13 Å². The highest BCUT2D eigenvalue weighted by Gasteiger charge is 2.21. The molecule has 0 fully saturated rings. The van der Waals surface area contributed by atoms with Crippen molar-refractivity contribution in [3.8, 4) is 0 Å². The van der Waals surface area contributed by atoms with Gasteiger partial charge in [-0.3, -0.25) is 14.4 Å². The summed E-state index contributed by atoms with van der Waals surface area (Å²) >= 11 is 3.33. The van der Waals surface area contributed by atoms with Crippen LogP contribution in [0.5, 0.6) is 0 Å². The molecular weight excluding hydrogens is 400 g/mol. The minimum atomic E-state index is -0.0442. The van der Waals surface area contributed by atoms with Crippen LogP contribution in [0.3, 0.4) is 0 Å². The fourth-order valence-electron chi connectivity index (χ4n) is 3.00. The summed E-state index contributed by atoms with van der Waals surface area (Å²) in [4.78, 5) is 21.0. The lowest BCUT2D eigenvalue weighted by Gasteiger charge is -2.20. The van der Waals surface area contributed by atoms with Crippen molar-refractivity contribution in [2.75, 3.05) is 11.4 Å². The van der Waals surface area contributed by atoms with Crippen LogP contribution in [0.4, 0.5) is 5.13 Å². The molecule has 0 saturated carbocycles. The number of nitrogens with zero attached hydrogens (tertiary/aromatic N) is 4. The quantitative estimate of drug-likeness (QED) is 0.377. The Bertz CT molecular complexity index is 1050. The zero-order chi connectivity index (χ0) is 20.2. The summed E-state index contributed by atoms with van der Waals surface area (Å²) < 4.78 is 2.90. The molecule has 0 bridgehead atoms. The number of hydrogen-bond donors (Lipinski definition) is 0. The average Bonchev–Trinajstić information content (AvgIpc) is 3.37. The van der Waals surface area contributed by atoms with Crippen LogP contribution in [0, 0.1) is 0 Å².